The van der Waals surface area contributed by atoms with Crippen molar-refractivity contribution in [3.8, 4) is 0 Å². The van der Waals surface area contributed by atoms with E-state index >= 15 is 0 Å². The van der Waals surface area contributed by atoms with Gasteiger partial charge in [0.2, 0.25) is 0 Å². The monoisotopic (exact) mass is 286 g/mol. The van der Waals surface area contributed by atoms with Crippen molar-refractivity contribution in [2.45, 2.75) is 25.3 Å². The summed E-state index contributed by atoms with van der Waals surface area (Å²) in [5.41, 5.74) is 0.206. The van der Waals surface area contributed by atoms with E-state index in [0.29, 0.717) is 19.3 Å². The lowest BCUT2D eigenvalue weighted by molar-refractivity contribution is -0.142. The second kappa shape index (κ2) is 5.49. The van der Waals surface area contributed by atoms with Gasteiger partial charge < -0.3 is 5.11 Å². The van der Waals surface area contributed by atoms with Crippen LogP contribution in [0.4, 0.5) is 5.69 Å². The van der Waals surface area contributed by atoms with Crippen LogP contribution in [0.1, 0.15) is 19.3 Å². The quantitative estimate of drug-likeness (QED) is 0.810. The third kappa shape index (κ3) is 3.18. The van der Waals surface area contributed by atoms with Gasteiger partial charge in [0, 0.05) is 6.54 Å². The molecule has 104 valence electrons. The predicted molar refractivity (Wildman–Crippen MR) is 66.6 cm³/mol. The van der Waals surface area contributed by atoms with Gasteiger partial charge in [-0.3, -0.25) is 9.52 Å². The molecule has 0 aromatic carbocycles. The molecule has 0 radical (unpaired) electrons. The highest BCUT2D eigenvalue weighted by Crippen LogP contribution is 2.21. The number of aliphatic carboxylic acids is 1. The van der Waals surface area contributed by atoms with Gasteiger partial charge >= 0.3 is 16.2 Å². The Kier molecular flexibility index (Phi) is 3.96. The molecule has 1 unspecified atom stereocenters. The number of nitrogens with zero attached hydrogens (tertiary/aromatic N) is 3. The summed E-state index contributed by atoms with van der Waals surface area (Å²) in [4.78, 5) is 18.5. The first-order chi connectivity index (χ1) is 9.00. The van der Waals surface area contributed by atoms with Crippen molar-refractivity contribution in [2.75, 3.05) is 11.3 Å². The van der Waals surface area contributed by atoms with E-state index in [1.807, 2.05) is 0 Å². The first kappa shape index (κ1) is 13.7. The van der Waals surface area contributed by atoms with Gasteiger partial charge in [-0.1, -0.05) is 0 Å². The van der Waals surface area contributed by atoms with Crippen LogP contribution in [-0.2, 0) is 15.0 Å². The van der Waals surface area contributed by atoms with Crippen molar-refractivity contribution in [3.63, 3.8) is 0 Å². The smallest absolute Gasteiger partial charge is 0.322 e. The average molecular weight is 286 g/mol. The van der Waals surface area contributed by atoms with E-state index in [1.54, 1.807) is 0 Å². The lowest BCUT2D eigenvalue weighted by atomic mass is 10.1. The molecule has 8 nitrogen and oxygen atoms in total. The van der Waals surface area contributed by atoms with Crippen LogP contribution in [-0.4, -0.2) is 46.4 Å². The van der Waals surface area contributed by atoms with Crippen molar-refractivity contribution < 1.29 is 18.3 Å². The largest absolute Gasteiger partial charge is 0.480 e. The van der Waals surface area contributed by atoms with E-state index in [2.05, 4.69) is 14.7 Å². The van der Waals surface area contributed by atoms with Gasteiger partial charge in [0.05, 0.1) is 18.1 Å². The Morgan fingerprint density at radius 1 is 1.37 bits per heavy atom. The number of piperidine rings is 1. The molecule has 0 amide bonds. The number of hydrogen-bond donors (Lipinski definition) is 2. The zero-order chi connectivity index (χ0) is 13.9. The molecule has 1 saturated heterocycles. The summed E-state index contributed by atoms with van der Waals surface area (Å²) in [7, 11) is -3.91. The Hall–Kier alpha value is -1.74. The molecule has 0 saturated carbocycles. The van der Waals surface area contributed by atoms with Crippen molar-refractivity contribution in [1.29, 1.82) is 0 Å². The fraction of sp³-hybridized carbons (Fsp3) is 0.500. The Balaban J connectivity index is 2.20. The molecule has 0 aliphatic carbocycles. The summed E-state index contributed by atoms with van der Waals surface area (Å²) in [6.07, 6.45) is 5.57. The molecule has 1 atom stereocenters. The Bertz CT molecular complexity index is 548. The molecule has 1 aromatic heterocycles. The minimum Gasteiger partial charge on any atom is -0.480 e. The predicted octanol–water partition coefficient (Wildman–Crippen LogP) is 0.0724. The van der Waals surface area contributed by atoms with Crippen LogP contribution in [0.5, 0.6) is 0 Å². The lowest BCUT2D eigenvalue weighted by Gasteiger charge is -2.31. The topological polar surface area (TPSA) is 112 Å². The Labute approximate surface area is 110 Å². The van der Waals surface area contributed by atoms with Crippen LogP contribution in [0.2, 0.25) is 0 Å². The maximum absolute atomic E-state index is 12.2. The maximum atomic E-state index is 12.2. The lowest BCUT2D eigenvalue weighted by Crippen LogP contribution is -2.49. The van der Waals surface area contributed by atoms with Crippen LogP contribution < -0.4 is 4.72 Å². The minimum absolute atomic E-state index is 0.194. The van der Waals surface area contributed by atoms with Gasteiger partial charge in [-0.05, 0) is 19.3 Å². The first-order valence-electron chi connectivity index (χ1n) is 5.78. The summed E-state index contributed by atoms with van der Waals surface area (Å²) in [5, 5.41) is 9.08. The molecule has 0 spiro atoms. The van der Waals surface area contributed by atoms with Gasteiger partial charge in [-0.2, -0.15) is 12.7 Å². The Morgan fingerprint density at radius 2 is 2.05 bits per heavy atom. The first-order valence-corrected chi connectivity index (χ1v) is 7.22. The molecule has 9 heteroatoms. The van der Waals surface area contributed by atoms with Crippen molar-refractivity contribution >= 4 is 21.9 Å². The molecule has 0 bridgehead atoms. The molecule has 1 aliphatic heterocycles. The van der Waals surface area contributed by atoms with Gasteiger partial charge in [0.15, 0.2) is 0 Å². The van der Waals surface area contributed by atoms with Gasteiger partial charge in [-0.25, -0.2) is 9.97 Å². The molecule has 1 fully saturated rings. The van der Waals surface area contributed by atoms with Crippen molar-refractivity contribution in [3.05, 3.63) is 18.7 Å². The zero-order valence-corrected chi connectivity index (χ0v) is 10.9. The summed E-state index contributed by atoms with van der Waals surface area (Å²) in [6.45, 7) is 0.194. The van der Waals surface area contributed by atoms with Crippen LogP contribution in [0.3, 0.4) is 0 Å². The highest BCUT2D eigenvalue weighted by atomic mass is 32.2. The SMILES string of the molecule is O=C(O)C1CCCCN1S(=O)(=O)Nc1cncnc1. The highest BCUT2D eigenvalue weighted by Gasteiger charge is 2.36. The summed E-state index contributed by atoms with van der Waals surface area (Å²) < 4.78 is 27.6. The van der Waals surface area contributed by atoms with Gasteiger partial charge in [-0.15, -0.1) is 0 Å². The van der Waals surface area contributed by atoms with Crippen molar-refractivity contribution in [2.24, 2.45) is 0 Å². The third-order valence-corrected chi connectivity index (χ3v) is 4.40. The fourth-order valence-corrected chi connectivity index (χ4v) is 3.42. The average Bonchev–Trinajstić information content (AvgIpc) is 2.39. The summed E-state index contributed by atoms with van der Waals surface area (Å²) in [5.74, 6) is -1.13. The van der Waals surface area contributed by atoms with E-state index in [1.165, 1.54) is 18.7 Å². The second-order valence-corrected chi connectivity index (χ2v) is 5.82. The number of aromatic nitrogens is 2. The molecule has 2 N–H and O–H groups in total. The molecule has 1 aliphatic rings. The number of anilines is 1. The van der Waals surface area contributed by atoms with Crippen molar-refractivity contribution in [1.82, 2.24) is 14.3 Å². The van der Waals surface area contributed by atoms with Gasteiger partial charge in [0.25, 0.3) is 0 Å². The third-order valence-electron chi connectivity index (χ3n) is 2.85. The number of carboxylic acid groups (broad SMARTS) is 1. The normalized spacial score (nSPS) is 20.9. The molecule has 2 heterocycles. The number of carboxylic acids is 1. The summed E-state index contributed by atoms with van der Waals surface area (Å²) in [6, 6.07) is -1.02. The zero-order valence-electron chi connectivity index (χ0n) is 10.1. The Morgan fingerprint density at radius 3 is 2.68 bits per heavy atom. The second-order valence-electron chi connectivity index (χ2n) is 4.19. The minimum atomic E-state index is -3.91. The molecule has 2 rings (SSSR count). The van der Waals surface area contributed by atoms with Crippen LogP contribution in [0.15, 0.2) is 18.7 Å². The fourth-order valence-electron chi connectivity index (χ4n) is 2.00. The standard InChI is InChI=1S/C10H14N4O4S/c15-10(16)9-3-1-2-4-14(9)19(17,18)13-8-5-11-7-12-6-8/h5-7,9,13H,1-4H2,(H,15,16). The van der Waals surface area contributed by atoms with E-state index in [0.717, 1.165) is 4.31 Å². The van der Waals surface area contributed by atoms with E-state index < -0.39 is 22.2 Å². The maximum Gasteiger partial charge on any atom is 0.322 e. The number of carbonyl (C=O) groups is 1. The number of hydrogen-bond acceptors (Lipinski definition) is 5. The molecular weight excluding hydrogens is 272 g/mol. The number of rotatable bonds is 4. The van der Waals surface area contributed by atoms with E-state index in [4.69, 9.17) is 5.11 Å². The molecular formula is C10H14N4O4S. The van der Waals surface area contributed by atoms with Crippen LogP contribution in [0, 0.1) is 0 Å². The number of nitrogens with one attached hydrogen (secondary N) is 1. The molecule has 1 aromatic rings. The van der Waals surface area contributed by atoms with E-state index in [9.17, 15) is 13.2 Å². The molecule has 19 heavy (non-hydrogen) atoms. The summed E-state index contributed by atoms with van der Waals surface area (Å²) >= 11 is 0. The highest BCUT2D eigenvalue weighted by molar-refractivity contribution is 7.90. The van der Waals surface area contributed by atoms with E-state index in [-0.39, 0.29) is 12.2 Å². The van der Waals surface area contributed by atoms with Crippen LogP contribution in [0.25, 0.3) is 0 Å². The van der Waals surface area contributed by atoms with Crippen LogP contribution >= 0.6 is 0 Å². The van der Waals surface area contributed by atoms with Gasteiger partial charge in [0.1, 0.15) is 12.4 Å².